The maximum absolute atomic E-state index is 12.4. The van der Waals surface area contributed by atoms with Gasteiger partial charge >= 0.3 is 0 Å². The molecule has 0 aliphatic carbocycles. The summed E-state index contributed by atoms with van der Waals surface area (Å²) in [6.45, 7) is 0. The molecule has 0 saturated carbocycles. The second-order valence-electron chi connectivity index (χ2n) is 2.18. The minimum absolute atomic E-state index is 0.0432. The van der Waals surface area contributed by atoms with Crippen LogP contribution in [0.15, 0.2) is 24.3 Å². The van der Waals surface area contributed by atoms with Crippen LogP contribution in [0.3, 0.4) is 0 Å². The van der Waals surface area contributed by atoms with E-state index in [4.69, 9.17) is 11.6 Å². The Hall–Kier alpha value is -1.20. The summed E-state index contributed by atoms with van der Waals surface area (Å²) in [5.74, 6) is 5.11. The monoisotopic (exact) mass is 185 g/mol. The third kappa shape index (κ3) is 1.90. The molecule has 0 amide bonds. The van der Waals surface area contributed by atoms with Crippen molar-refractivity contribution in [3.8, 4) is 0 Å². The van der Waals surface area contributed by atoms with E-state index in [0.29, 0.717) is 5.69 Å². The molecular weight excluding hydrogens is 177 g/mol. The first-order valence-corrected chi connectivity index (χ1v) is 3.62. The van der Waals surface area contributed by atoms with E-state index in [0.717, 1.165) is 5.01 Å². The number of nitrogens with zero attached hydrogens (tertiary/aromatic N) is 1. The SMILES string of the molecule is NC(=S)N(N)c1ccc(F)cc1. The first-order chi connectivity index (χ1) is 5.61. The third-order valence-corrected chi connectivity index (χ3v) is 1.54. The van der Waals surface area contributed by atoms with Crippen LogP contribution in [0.2, 0.25) is 0 Å². The van der Waals surface area contributed by atoms with Crippen molar-refractivity contribution in [2.45, 2.75) is 0 Å². The summed E-state index contributed by atoms with van der Waals surface area (Å²) in [4.78, 5) is 0. The van der Waals surface area contributed by atoms with E-state index >= 15 is 0 Å². The van der Waals surface area contributed by atoms with Gasteiger partial charge in [0, 0.05) is 0 Å². The average Bonchev–Trinajstić information content (AvgIpc) is 2.04. The molecule has 0 heterocycles. The molecule has 0 radical (unpaired) electrons. The van der Waals surface area contributed by atoms with Crippen LogP contribution in [0.1, 0.15) is 0 Å². The summed E-state index contributed by atoms with van der Waals surface area (Å²) in [6.07, 6.45) is 0. The molecular formula is C7H8FN3S. The molecule has 0 unspecified atom stereocenters. The van der Waals surface area contributed by atoms with Gasteiger partial charge in [0.2, 0.25) is 0 Å². The highest BCUT2D eigenvalue weighted by Crippen LogP contribution is 2.10. The van der Waals surface area contributed by atoms with E-state index in [2.05, 4.69) is 12.2 Å². The summed E-state index contributed by atoms with van der Waals surface area (Å²) in [5, 5.41) is 1.15. The fourth-order valence-corrected chi connectivity index (χ4v) is 0.834. The molecule has 0 aromatic heterocycles. The molecule has 1 aromatic rings. The summed E-state index contributed by atoms with van der Waals surface area (Å²) < 4.78 is 12.4. The number of anilines is 1. The van der Waals surface area contributed by atoms with E-state index in [9.17, 15) is 4.39 Å². The number of benzene rings is 1. The lowest BCUT2D eigenvalue weighted by Gasteiger charge is -2.15. The Labute approximate surface area is 74.7 Å². The summed E-state index contributed by atoms with van der Waals surface area (Å²) in [7, 11) is 0. The lowest BCUT2D eigenvalue weighted by Crippen LogP contribution is -2.41. The molecule has 1 aromatic carbocycles. The Morgan fingerprint density at radius 3 is 2.25 bits per heavy atom. The van der Waals surface area contributed by atoms with Gasteiger partial charge in [-0.1, -0.05) is 0 Å². The zero-order chi connectivity index (χ0) is 9.14. The lowest BCUT2D eigenvalue weighted by atomic mass is 10.3. The van der Waals surface area contributed by atoms with Gasteiger partial charge in [0.05, 0.1) is 5.69 Å². The molecule has 4 N–H and O–H groups in total. The lowest BCUT2D eigenvalue weighted by molar-refractivity contribution is 0.628. The molecule has 0 spiro atoms. The van der Waals surface area contributed by atoms with Crippen LogP contribution in [0, 0.1) is 5.82 Å². The van der Waals surface area contributed by atoms with Gasteiger partial charge < -0.3 is 5.73 Å². The van der Waals surface area contributed by atoms with Crippen molar-refractivity contribution in [3.05, 3.63) is 30.1 Å². The van der Waals surface area contributed by atoms with Crippen molar-refractivity contribution >= 4 is 23.0 Å². The summed E-state index contributed by atoms with van der Waals surface area (Å²) >= 11 is 4.62. The van der Waals surface area contributed by atoms with E-state index in [1.807, 2.05) is 0 Å². The second-order valence-corrected chi connectivity index (χ2v) is 2.60. The second kappa shape index (κ2) is 3.46. The van der Waals surface area contributed by atoms with Crippen LogP contribution in [0.5, 0.6) is 0 Å². The van der Waals surface area contributed by atoms with Crippen molar-refractivity contribution < 1.29 is 4.39 Å². The fourth-order valence-electron chi connectivity index (χ4n) is 0.729. The van der Waals surface area contributed by atoms with Gasteiger partial charge in [-0.15, -0.1) is 0 Å². The van der Waals surface area contributed by atoms with Gasteiger partial charge in [0.15, 0.2) is 5.11 Å². The van der Waals surface area contributed by atoms with Crippen molar-refractivity contribution in [3.63, 3.8) is 0 Å². The van der Waals surface area contributed by atoms with Gasteiger partial charge in [-0.2, -0.15) is 0 Å². The van der Waals surface area contributed by atoms with Gasteiger partial charge in [-0.3, -0.25) is 5.01 Å². The number of nitrogens with two attached hydrogens (primary N) is 2. The Kier molecular flexibility index (Phi) is 2.57. The van der Waals surface area contributed by atoms with Gasteiger partial charge in [-0.05, 0) is 36.5 Å². The summed E-state index contributed by atoms with van der Waals surface area (Å²) in [5.41, 5.74) is 5.80. The largest absolute Gasteiger partial charge is 0.375 e. The minimum Gasteiger partial charge on any atom is -0.375 e. The van der Waals surface area contributed by atoms with E-state index < -0.39 is 0 Å². The Morgan fingerprint density at radius 1 is 1.33 bits per heavy atom. The van der Waals surface area contributed by atoms with Crippen LogP contribution in [0.4, 0.5) is 10.1 Å². The number of hydrogen-bond donors (Lipinski definition) is 2. The topological polar surface area (TPSA) is 55.3 Å². The Balaban J connectivity index is 2.89. The molecule has 5 heteroatoms. The van der Waals surface area contributed by atoms with Crippen molar-refractivity contribution in [1.29, 1.82) is 0 Å². The molecule has 1 rings (SSSR count). The van der Waals surface area contributed by atoms with Gasteiger partial charge in [0.1, 0.15) is 5.82 Å². The highest BCUT2D eigenvalue weighted by Gasteiger charge is 2.02. The molecule has 0 bridgehead atoms. The molecule has 0 saturated heterocycles. The minimum atomic E-state index is -0.324. The Bertz CT molecular complexity index is 285. The van der Waals surface area contributed by atoms with Crippen LogP contribution in [-0.2, 0) is 0 Å². The molecule has 12 heavy (non-hydrogen) atoms. The molecule has 64 valence electrons. The zero-order valence-corrected chi connectivity index (χ0v) is 7.01. The van der Waals surface area contributed by atoms with Gasteiger partial charge in [0.25, 0.3) is 0 Å². The predicted octanol–water partition coefficient (Wildman–Crippen LogP) is 0.749. The molecule has 0 atom stereocenters. The van der Waals surface area contributed by atoms with E-state index in [1.165, 1.54) is 24.3 Å². The predicted molar refractivity (Wildman–Crippen MR) is 49.9 cm³/mol. The zero-order valence-electron chi connectivity index (χ0n) is 6.20. The maximum atomic E-state index is 12.4. The van der Waals surface area contributed by atoms with Crippen molar-refractivity contribution in [2.75, 3.05) is 5.01 Å². The van der Waals surface area contributed by atoms with Crippen LogP contribution >= 0.6 is 12.2 Å². The third-order valence-electron chi connectivity index (χ3n) is 1.34. The van der Waals surface area contributed by atoms with Crippen molar-refractivity contribution in [1.82, 2.24) is 0 Å². The van der Waals surface area contributed by atoms with Crippen molar-refractivity contribution in [2.24, 2.45) is 11.6 Å². The Morgan fingerprint density at radius 2 is 1.83 bits per heavy atom. The molecule has 0 aliphatic rings. The van der Waals surface area contributed by atoms with E-state index in [1.54, 1.807) is 0 Å². The van der Waals surface area contributed by atoms with Gasteiger partial charge in [-0.25, -0.2) is 10.2 Å². The molecule has 0 fully saturated rings. The summed E-state index contributed by atoms with van der Waals surface area (Å²) in [6, 6.07) is 5.56. The number of hydrogen-bond acceptors (Lipinski definition) is 2. The normalized spacial score (nSPS) is 9.50. The highest BCUT2D eigenvalue weighted by molar-refractivity contribution is 7.80. The van der Waals surface area contributed by atoms with E-state index in [-0.39, 0.29) is 10.9 Å². The first kappa shape index (κ1) is 8.89. The number of thiocarbonyl (C=S) groups is 1. The quantitative estimate of drug-likeness (QED) is 0.385. The first-order valence-electron chi connectivity index (χ1n) is 3.21. The fraction of sp³-hybridized carbons (Fsp3) is 0. The number of hydrazine groups is 1. The number of halogens is 1. The van der Waals surface area contributed by atoms with Crippen LogP contribution in [-0.4, -0.2) is 5.11 Å². The standard InChI is InChI=1S/C7H8FN3S/c8-5-1-3-6(4-2-5)11(10)7(9)12/h1-4H,10H2,(H2,9,12). The molecule has 3 nitrogen and oxygen atoms in total. The van der Waals surface area contributed by atoms with Crippen LogP contribution in [0.25, 0.3) is 0 Å². The average molecular weight is 185 g/mol. The maximum Gasteiger partial charge on any atom is 0.185 e. The highest BCUT2D eigenvalue weighted by atomic mass is 32.1. The molecule has 0 aliphatic heterocycles. The smallest absolute Gasteiger partial charge is 0.185 e. The number of rotatable bonds is 1. The van der Waals surface area contributed by atoms with Crippen LogP contribution < -0.4 is 16.6 Å².